The molecule has 0 aliphatic carbocycles. The molecule has 0 aromatic carbocycles. The molecule has 1 aromatic rings. The van der Waals surface area contributed by atoms with Gasteiger partial charge in [0.2, 0.25) is 0 Å². The lowest BCUT2D eigenvalue weighted by atomic mass is 9.92. The summed E-state index contributed by atoms with van der Waals surface area (Å²) in [5, 5.41) is 13.7. The molecular formula is C12H22N2O. The van der Waals surface area contributed by atoms with Crippen LogP contribution in [0, 0.1) is 11.8 Å². The molecule has 15 heavy (non-hydrogen) atoms. The number of rotatable bonds is 5. The van der Waals surface area contributed by atoms with Gasteiger partial charge < -0.3 is 5.11 Å². The minimum Gasteiger partial charge on any atom is -0.396 e. The van der Waals surface area contributed by atoms with E-state index in [1.807, 2.05) is 11.7 Å². The average Bonchev–Trinajstić information content (AvgIpc) is 2.55. The van der Waals surface area contributed by atoms with Crippen LogP contribution in [-0.2, 0) is 19.9 Å². The summed E-state index contributed by atoms with van der Waals surface area (Å²) in [4.78, 5) is 0. The maximum atomic E-state index is 9.28. The zero-order valence-electron chi connectivity index (χ0n) is 10.2. The highest BCUT2D eigenvalue weighted by Gasteiger charge is 2.15. The van der Waals surface area contributed by atoms with E-state index in [4.69, 9.17) is 0 Å². The van der Waals surface area contributed by atoms with E-state index in [9.17, 15) is 5.11 Å². The Kier molecular flexibility index (Phi) is 4.33. The highest BCUT2D eigenvalue weighted by molar-refractivity contribution is 5.11. The van der Waals surface area contributed by atoms with Crippen LogP contribution < -0.4 is 0 Å². The van der Waals surface area contributed by atoms with Crippen LogP contribution in [0.4, 0.5) is 0 Å². The van der Waals surface area contributed by atoms with Gasteiger partial charge in [-0.25, -0.2) is 0 Å². The van der Waals surface area contributed by atoms with E-state index in [1.54, 1.807) is 0 Å². The molecule has 0 fully saturated rings. The van der Waals surface area contributed by atoms with Gasteiger partial charge in [-0.2, -0.15) is 5.10 Å². The first-order valence-electron chi connectivity index (χ1n) is 5.71. The maximum absolute atomic E-state index is 9.28. The minimum atomic E-state index is 0.254. The number of aromatic nitrogens is 2. The van der Waals surface area contributed by atoms with Gasteiger partial charge in [0.1, 0.15) is 0 Å². The smallest absolute Gasteiger partial charge is 0.0624 e. The molecule has 0 aliphatic rings. The third-order valence-corrected chi connectivity index (χ3v) is 3.04. The van der Waals surface area contributed by atoms with Gasteiger partial charge in [0.25, 0.3) is 0 Å². The third kappa shape index (κ3) is 3.06. The van der Waals surface area contributed by atoms with Gasteiger partial charge in [0.05, 0.1) is 5.69 Å². The Balaban J connectivity index is 2.74. The molecule has 1 heterocycles. The zero-order chi connectivity index (χ0) is 11.4. The second-order valence-corrected chi connectivity index (χ2v) is 4.49. The first-order chi connectivity index (χ1) is 7.08. The van der Waals surface area contributed by atoms with Gasteiger partial charge in [-0.15, -0.1) is 0 Å². The quantitative estimate of drug-likeness (QED) is 0.804. The van der Waals surface area contributed by atoms with Gasteiger partial charge in [-0.05, 0) is 30.7 Å². The SMILES string of the molecule is CCc1cc(CC(CO)C(C)C)n(C)n1. The van der Waals surface area contributed by atoms with Crippen molar-refractivity contribution in [1.29, 1.82) is 0 Å². The van der Waals surface area contributed by atoms with E-state index in [2.05, 4.69) is 31.9 Å². The summed E-state index contributed by atoms with van der Waals surface area (Å²) in [5.74, 6) is 0.847. The van der Waals surface area contributed by atoms with Crippen LogP contribution in [0.15, 0.2) is 6.07 Å². The Morgan fingerprint density at radius 2 is 2.13 bits per heavy atom. The molecule has 0 radical (unpaired) electrons. The molecule has 0 saturated heterocycles. The fourth-order valence-corrected chi connectivity index (χ4v) is 1.72. The Labute approximate surface area is 92.1 Å². The first kappa shape index (κ1) is 12.2. The van der Waals surface area contributed by atoms with Crippen molar-refractivity contribution in [3.63, 3.8) is 0 Å². The Morgan fingerprint density at radius 1 is 1.47 bits per heavy atom. The summed E-state index contributed by atoms with van der Waals surface area (Å²) in [6, 6.07) is 2.14. The van der Waals surface area contributed by atoms with Crippen molar-refractivity contribution < 1.29 is 5.11 Å². The lowest BCUT2D eigenvalue weighted by Crippen LogP contribution is -2.17. The predicted molar refractivity (Wildman–Crippen MR) is 61.7 cm³/mol. The molecule has 0 saturated carbocycles. The molecule has 1 N–H and O–H groups in total. The largest absolute Gasteiger partial charge is 0.396 e. The Hall–Kier alpha value is -0.830. The molecular weight excluding hydrogens is 188 g/mol. The van der Waals surface area contributed by atoms with Crippen LogP contribution in [0.3, 0.4) is 0 Å². The molecule has 1 unspecified atom stereocenters. The van der Waals surface area contributed by atoms with E-state index in [1.165, 1.54) is 5.69 Å². The van der Waals surface area contributed by atoms with Crippen LogP contribution in [0.1, 0.15) is 32.2 Å². The van der Waals surface area contributed by atoms with Crippen molar-refractivity contribution in [3.8, 4) is 0 Å². The Morgan fingerprint density at radius 3 is 2.53 bits per heavy atom. The molecule has 1 aromatic heterocycles. The summed E-state index contributed by atoms with van der Waals surface area (Å²) < 4.78 is 1.93. The van der Waals surface area contributed by atoms with Crippen molar-refractivity contribution in [2.24, 2.45) is 18.9 Å². The van der Waals surface area contributed by atoms with Crippen molar-refractivity contribution in [2.75, 3.05) is 6.61 Å². The van der Waals surface area contributed by atoms with Crippen molar-refractivity contribution >= 4 is 0 Å². The second kappa shape index (κ2) is 5.31. The topological polar surface area (TPSA) is 38.0 Å². The number of aliphatic hydroxyl groups excluding tert-OH is 1. The molecule has 3 heteroatoms. The van der Waals surface area contributed by atoms with E-state index in [-0.39, 0.29) is 6.61 Å². The summed E-state index contributed by atoms with van der Waals surface area (Å²) in [6.07, 6.45) is 1.89. The molecule has 86 valence electrons. The van der Waals surface area contributed by atoms with E-state index >= 15 is 0 Å². The molecule has 0 spiro atoms. The maximum Gasteiger partial charge on any atom is 0.0624 e. The zero-order valence-corrected chi connectivity index (χ0v) is 10.2. The van der Waals surface area contributed by atoms with Crippen LogP contribution in [0.2, 0.25) is 0 Å². The molecule has 0 amide bonds. The van der Waals surface area contributed by atoms with Crippen LogP contribution >= 0.6 is 0 Å². The third-order valence-electron chi connectivity index (χ3n) is 3.04. The summed E-state index contributed by atoms with van der Waals surface area (Å²) >= 11 is 0. The fraction of sp³-hybridized carbons (Fsp3) is 0.750. The van der Waals surface area contributed by atoms with Crippen LogP contribution in [0.25, 0.3) is 0 Å². The number of nitrogens with zero attached hydrogens (tertiary/aromatic N) is 2. The van der Waals surface area contributed by atoms with Crippen molar-refractivity contribution in [2.45, 2.75) is 33.6 Å². The summed E-state index contributed by atoms with van der Waals surface area (Å²) in [6.45, 7) is 6.67. The normalized spacial score (nSPS) is 13.5. The second-order valence-electron chi connectivity index (χ2n) is 4.49. The molecule has 1 rings (SSSR count). The number of aliphatic hydroxyl groups is 1. The summed E-state index contributed by atoms with van der Waals surface area (Å²) in [5.41, 5.74) is 2.35. The van der Waals surface area contributed by atoms with Gasteiger partial charge in [-0.3, -0.25) is 4.68 Å². The van der Waals surface area contributed by atoms with Crippen LogP contribution in [-0.4, -0.2) is 21.5 Å². The number of aryl methyl sites for hydroxylation is 2. The minimum absolute atomic E-state index is 0.254. The molecule has 1 atom stereocenters. The van der Waals surface area contributed by atoms with Crippen molar-refractivity contribution in [3.05, 3.63) is 17.5 Å². The van der Waals surface area contributed by atoms with Crippen molar-refractivity contribution in [1.82, 2.24) is 9.78 Å². The monoisotopic (exact) mass is 210 g/mol. The Bertz CT molecular complexity index is 305. The van der Waals surface area contributed by atoms with Gasteiger partial charge >= 0.3 is 0 Å². The predicted octanol–water partition coefficient (Wildman–Crippen LogP) is 1.79. The molecule has 0 aliphatic heterocycles. The highest BCUT2D eigenvalue weighted by Crippen LogP contribution is 2.17. The average molecular weight is 210 g/mol. The lowest BCUT2D eigenvalue weighted by molar-refractivity contribution is 0.187. The highest BCUT2D eigenvalue weighted by atomic mass is 16.3. The van der Waals surface area contributed by atoms with E-state index in [0.29, 0.717) is 11.8 Å². The molecule has 0 bridgehead atoms. The summed E-state index contributed by atoms with van der Waals surface area (Å²) in [7, 11) is 1.98. The lowest BCUT2D eigenvalue weighted by Gasteiger charge is -2.17. The first-order valence-corrected chi connectivity index (χ1v) is 5.71. The number of hydrogen-bond acceptors (Lipinski definition) is 2. The fourth-order valence-electron chi connectivity index (χ4n) is 1.72. The standard InChI is InChI=1S/C12H22N2O/c1-5-11-7-12(14(4)13-11)6-10(8-15)9(2)3/h7,9-10,15H,5-6,8H2,1-4H3. The van der Waals surface area contributed by atoms with Crippen LogP contribution in [0.5, 0.6) is 0 Å². The number of hydrogen-bond donors (Lipinski definition) is 1. The van der Waals surface area contributed by atoms with Gasteiger partial charge in [0.15, 0.2) is 0 Å². The van der Waals surface area contributed by atoms with E-state index in [0.717, 1.165) is 18.5 Å². The van der Waals surface area contributed by atoms with E-state index < -0.39 is 0 Å². The molecule has 3 nitrogen and oxygen atoms in total. The van der Waals surface area contributed by atoms with Gasteiger partial charge in [-0.1, -0.05) is 20.8 Å². The van der Waals surface area contributed by atoms with Gasteiger partial charge in [0, 0.05) is 19.3 Å².